The predicted octanol–water partition coefficient (Wildman–Crippen LogP) is 5.34. The van der Waals surface area contributed by atoms with Crippen LogP contribution in [0.5, 0.6) is 5.75 Å². The summed E-state index contributed by atoms with van der Waals surface area (Å²) in [6.07, 6.45) is 0. The Balaban J connectivity index is 1.94. The van der Waals surface area contributed by atoms with Crippen LogP contribution in [0.3, 0.4) is 0 Å². The molecule has 0 unspecified atom stereocenters. The van der Waals surface area contributed by atoms with Crippen LogP contribution in [0.2, 0.25) is 5.02 Å². The average Bonchev–Trinajstić information content (AvgIpc) is 2.86. The van der Waals surface area contributed by atoms with Crippen LogP contribution in [0, 0.1) is 5.82 Å². The Labute approximate surface area is 141 Å². The van der Waals surface area contributed by atoms with Crippen LogP contribution in [0.1, 0.15) is 16.6 Å². The van der Waals surface area contributed by atoms with Crippen molar-refractivity contribution in [3.05, 3.63) is 58.2 Å². The Bertz CT molecular complexity index is 878. The van der Waals surface area contributed by atoms with Crippen molar-refractivity contribution in [3.63, 3.8) is 0 Å². The molecule has 3 aromatic rings. The van der Waals surface area contributed by atoms with Gasteiger partial charge in [0.15, 0.2) is 0 Å². The lowest BCUT2D eigenvalue weighted by molar-refractivity contribution is 0.103. The first kappa shape index (κ1) is 15.8. The van der Waals surface area contributed by atoms with Gasteiger partial charge in [-0.25, -0.2) is 4.39 Å². The molecule has 1 N–H and O–H groups in total. The summed E-state index contributed by atoms with van der Waals surface area (Å²) in [5, 5.41) is 3.79. The highest BCUT2D eigenvalue weighted by atomic mass is 35.5. The normalized spacial score (nSPS) is 10.7. The lowest BCUT2D eigenvalue weighted by atomic mass is 10.2. The van der Waals surface area contributed by atoms with Gasteiger partial charge in [0.05, 0.1) is 17.3 Å². The number of nitrogens with one attached hydrogen (secondary N) is 1. The molecule has 1 amide bonds. The van der Waals surface area contributed by atoms with Crippen LogP contribution < -0.4 is 10.1 Å². The maximum Gasteiger partial charge on any atom is 0.267 e. The van der Waals surface area contributed by atoms with Gasteiger partial charge in [-0.05, 0) is 37.3 Å². The van der Waals surface area contributed by atoms with Crippen molar-refractivity contribution < 1.29 is 13.9 Å². The zero-order chi connectivity index (χ0) is 16.4. The SMILES string of the molecule is CCOc1ccccc1NC(=O)c1sc2cc(F)ccc2c1Cl. The largest absolute Gasteiger partial charge is 0.492 e. The number of halogens is 2. The van der Waals surface area contributed by atoms with E-state index in [1.54, 1.807) is 24.3 Å². The smallest absolute Gasteiger partial charge is 0.267 e. The van der Waals surface area contributed by atoms with Gasteiger partial charge in [-0.1, -0.05) is 23.7 Å². The minimum absolute atomic E-state index is 0.330. The summed E-state index contributed by atoms with van der Waals surface area (Å²) in [5.74, 6) is -0.112. The Morgan fingerprint density at radius 1 is 1.30 bits per heavy atom. The quantitative estimate of drug-likeness (QED) is 0.690. The maximum atomic E-state index is 13.3. The summed E-state index contributed by atoms with van der Waals surface area (Å²) in [7, 11) is 0. The third-order valence-electron chi connectivity index (χ3n) is 3.23. The second-order valence-corrected chi connectivity index (χ2v) is 6.20. The lowest BCUT2D eigenvalue weighted by Gasteiger charge is -2.10. The van der Waals surface area contributed by atoms with E-state index in [-0.39, 0.29) is 11.7 Å². The number of thiophene rings is 1. The van der Waals surface area contributed by atoms with Crippen LogP contribution in [-0.4, -0.2) is 12.5 Å². The summed E-state index contributed by atoms with van der Waals surface area (Å²) in [6, 6.07) is 11.4. The van der Waals surface area contributed by atoms with E-state index in [0.717, 1.165) is 11.3 Å². The van der Waals surface area contributed by atoms with Gasteiger partial charge in [0, 0.05) is 10.1 Å². The highest BCUT2D eigenvalue weighted by Crippen LogP contribution is 2.36. The summed E-state index contributed by atoms with van der Waals surface area (Å²) >= 11 is 7.43. The first-order valence-corrected chi connectivity index (χ1v) is 8.20. The van der Waals surface area contributed by atoms with Gasteiger partial charge in [-0.3, -0.25) is 4.79 Å². The van der Waals surface area contributed by atoms with Crippen LogP contribution in [-0.2, 0) is 0 Å². The first-order chi connectivity index (χ1) is 11.1. The summed E-state index contributed by atoms with van der Waals surface area (Å²) < 4.78 is 19.4. The molecule has 2 aromatic carbocycles. The van der Waals surface area contributed by atoms with Gasteiger partial charge in [0.2, 0.25) is 0 Å². The molecule has 23 heavy (non-hydrogen) atoms. The number of hydrogen-bond acceptors (Lipinski definition) is 3. The minimum Gasteiger partial charge on any atom is -0.492 e. The molecule has 0 saturated heterocycles. The van der Waals surface area contributed by atoms with Gasteiger partial charge in [0.25, 0.3) is 5.91 Å². The molecule has 0 saturated carbocycles. The second-order valence-electron chi connectivity index (χ2n) is 4.77. The number of benzene rings is 2. The Kier molecular flexibility index (Phi) is 4.50. The van der Waals surface area contributed by atoms with Crippen LogP contribution in [0.25, 0.3) is 10.1 Å². The fourth-order valence-electron chi connectivity index (χ4n) is 2.22. The molecule has 6 heteroatoms. The topological polar surface area (TPSA) is 38.3 Å². The molecule has 3 rings (SSSR count). The van der Waals surface area contributed by atoms with Crippen molar-refractivity contribution in [1.29, 1.82) is 0 Å². The van der Waals surface area contributed by atoms with E-state index in [1.165, 1.54) is 12.1 Å². The summed E-state index contributed by atoms with van der Waals surface area (Å²) in [6.45, 7) is 2.37. The van der Waals surface area contributed by atoms with Crippen molar-refractivity contribution >= 4 is 44.6 Å². The number of fused-ring (bicyclic) bond motifs is 1. The molecule has 0 atom stereocenters. The summed E-state index contributed by atoms with van der Waals surface area (Å²) in [5.41, 5.74) is 0.569. The average molecular weight is 350 g/mol. The lowest BCUT2D eigenvalue weighted by Crippen LogP contribution is -2.11. The standard InChI is InChI=1S/C17H13ClFNO2S/c1-2-22-13-6-4-3-5-12(13)20-17(21)16-15(18)11-8-7-10(19)9-14(11)23-16/h3-9H,2H2,1H3,(H,20,21). The molecule has 1 aromatic heterocycles. The number of ether oxygens (including phenoxy) is 1. The van der Waals surface area contributed by atoms with E-state index < -0.39 is 0 Å². The highest BCUT2D eigenvalue weighted by Gasteiger charge is 2.18. The van der Waals surface area contributed by atoms with Crippen molar-refractivity contribution in [1.82, 2.24) is 0 Å². The van der Waals surface area contributed by atoms with Gasteiger partial charge in [-0.2, -0.15) is 0 Å². The van der Waals surface area contributed by atoms with Crippen LogP contribution in [0.15, 0.2) is 42.5 Å². The molecule has 118 valence electrons. The van der Waals surface area contributed by atoms with E-state index in [2.05, 4.69) is 5.32 Å². The van der Waals surface area contributed by atoms with E-state index in [9.17, 15) is 9.18 Å². The molecule has 0 fully saturated rings. The van der Waals surface area contributed by atoms with E-state index in [4.69, 9.17) is 16.3 Å². The van der Waals surface area contributed by atoms with Crippen LogP contribution >= 0.6 is 22.9 Å². The zero-order valence-corrected chi connectivity index (χ0v) is 13.8. The molecule has 0 bridgehead atoms. The number of para-hydroxylation sites is 2. The van der Waals surface area contributed by atoms with Crippen molar-refractivity contribution in [2.45, 2.75) is 6.92 Å². The van der Waals surface area contributed by atoms with E-state index >= 15 is 0 Å². The minimum atomic E-state index is -0.357. The molecule has 3 nitrogen and oxygen atoms in total. The first-order valence-electron chi connectivity index (χ1n) is 7.01. The van der Waals surface area contributed by atoms with Gasteiger partial charge >= 0.3 is 0 Å². The van der Waals surface area contributed by atoms with Crippen molar-refractivity contribution in [2.24, 2.45) is 0 Å². The monoisotopic (exact) mass is 349 g/mol. The van der Waals surface area contributed by atoms with Gasteiger partial charge in [-0.15, -0.1) is 11.3 Å². The van der Waals surface area contributed by atoms with E-state index in [0.29, 0.717) is 38.0 Å². The van der Waals surface area contributed by atoms with Gasteiger partial charge in [0.1, 0.15) is 16.4 Å². The number of rotatable bonds is 4. The molecule has 0 spiro atoms. The molecular weight excluding hydrogens is 337 g/mol. The maximum absolute atomic E-state index is 13.3. The highest BCUT2D eigenvalue weighted by molar-refractivity contribution is 7.21. The summed E-state index contributed by atoms with van der Waals surface area (Å²) in [4.78, 5) is 12.9. The molecular formula is C17H13ClFNO2S. The zero-order valence-electron chi connectivity index (χ0n) is 12.2. The number of amides is 1. The van der Waals surface area contributed by atoms with Crippen LogP contribution in [0.4, 0.5) is 10.1 Å². The fraction of sp³-hybridized carbons (Fsp3) is 0.118. The number of carbonyl (C=O) groups is 1. The predicted molar refractivity (Wildman–Crippen MR) is 92.4 cm³/mol. The third kappa shape index (κ3) is 3.16. The molecule has 0 aliphatic heterocycles. The van der Waals surface area contributed by atoms with E-state index in [1.807, 2.05) is 13.0 Å². The Morgan fingerprint density at radius 3 is 2.87 bits per heavy atom. The molecule has 1 heterocycles. The second kappa shape index (κ2) is 6.56. The Hall–Kier alpha value is -2.11. The number of carbonyl (C=O) groups excluding carboxylic acids is 1. The number of anilines is 1. The molecule has 0 aliphatic rings. The third-order valence-corrected chi connectivity index (χ3v) is 4.89. The molecule has 0 radical (unpaired) electrons. The van der Waals surface area contributed by atoms with Gasteiger partial charge < -0.3 is 10.1 Å². The fourth-order valence-corrected chi connectivity index (χ4v) is 3.65. The Morgan fingerprint density at radius 2 is 2.09 bits per heavy atom. The number of hydrogen-bond donors (Lipinski definition) is 1. The molecule has 0 aliphatic carbocycles. The van der Waals surface area contributed by atoms with Crippen molar-refractivity contribution in [3.8, 4) is 5.75 Å². The van der Waals surface area contributed by atoms with Crippen molar-refractivity contribution in [2.75, 3.05) is 11.9 Å².